The minimum atomic E-state index is -0.458. The number of esters is 4. The van der Waals surface area contributed by atoms with Crippen LogP contribution in [0.25, 0.3) is 0 Å². The summed E-state index contributed by atoms with van der Waals surface area (Å²) in [5.41, 5.74) is -0.216. The molecule has 0 aromatic heterocycles. The number of carbonyl (C=O) groups is 4. The first kappa shape index (κ1) is 85.8. The molecule has 0 N–H and O–H groups in total. The van der Waals surface area contributed by atoms with E-state index in [-0.39, 0.29) is 106 Å². The second-order valence-corrected chi connectivity index (χ2v) is 31.3. The van der Waals surface area contributed by atoms with Crippen LogP contribution in [0.15, 0.2) is 0 Å². The van der Waals surface area contributed by atoms with Crippen molar-refractivity contribution in [2.24, 2.45) is 90.2 Å². The molecule has 86 heavy (non-hydrogen) atoms. The predicted octanol–water partition coefficient (Wildman–Crippen LogP) is 20.4. The Kier molecular flexibility index (Phi) is 34.9. The van der Waals surface area contributed by atoms with Crippen LogP contribution in [0.5, 0.6) is 0 Å². The Bertz CT molecular complexity index is 1970. The highest BCUT2D eigenvalue weighted by molar-refractivity contribution is 5.77. The van der Waals surface area contributed by atoms with Crippen LogP contribution in [0.4, 0.5) is 0 Å². The van der Waals surface area contributed by atoms with E-state index in [0.717, 1.165) is 86.7 Å². The highest BCUT2D eigenvalue weighted by Crippen LogP contribution is 2.66. The fourth-order valence-electron chi connectivity index (χ4n) is 15.1. The van der Waals surface area contributed by atoms with Crippen LogP contribution in [-0.4, -0.2) is 76.5 Å². The molecule has 12 heteroatoms. The molecule has 0 spiro atoms. The predicted molar refractivity (Wildman–Crippen MR) is 357 cm³/mol. The highest BCUT2D eigenvalue weighted by Gasteiger charge is 2.62. The summed E-state index contributed by atoms with van der Waals surface area (Å²) < 4.78 is 44.4. The fraction of sp³-hybridized carbons (Fsp3) is 0.946. The van der Waals surface area contributed by atoms with Gasteiger partial charge >= 0.3 is 23.9 Å². The van der Waals surface area contributed by atoms with Crippen LogP contribution in [0.3, 0.4) is 0 Å². The first-order chi connectivity index (χ1) is 37.2. The van der Waals surface area contributed by atoms with Gasteiger partial charge in [0.15, 0.2) is 26.7 Å². The van der Waals surface area contributed by atoms with Crippen LogP contribution in [0, 0.1) is 90.2 Å². The third-order valence-corrected chi connectivity index (χ3v) is 23.5. The van der Waals surface area contributed by atoms with Gasteiger partial charge in [-0.25, -0.2) is 0 Å². The maximum absolute atomic E-state index is 12.1. The molecule has 9 fully saturated rings. The molecule has 0 aliphatic heterocycles. The largest absolute Gasteiger partial charge is 0.438 e. The van der Waals surface area contributed by atoms with Gasteiger partial charge in [-0.2, -0.15) is 0 Å². The smallest absolute Gasteiger partial charge is 0.313 e. The summed E-state index contributed by atoms with van der Waals surface area (Å²) in [5.74, 6) is 5.46. The molecule has 9 aliphatic rings. The van der Waals surface area contributed by atoms with Crippen molar-refractivity contribution in [3.63, 3.8) is 0 Å². The molecule has 0 aromatic carbocycles. The summed E-state index contributed by atoms with van der Waals surface area (Å²) in [6, 6.07) is 0. The maximum Gasteiger partial charge on any atom is 0.313 e. The molecule has 0 amide bonds. The number of carbonyl (C=O) groups excluding carboxylic acids is 4. The Morgan fingerprint density at radius 2 is 0.860 bits per heavy atom. The van der Waals surface area contributed by atoms with Gasteiger partial charge in [0.1, 0.15) is 0 Å². The van der Waals surface area contributed by atoms with Crippen molar-refractivity contribution >= 4 is 23.9 Å². The molecule has 0 heterocycles. The number of hydrogen-bond donors (Lipinski definition) is 0. The summed E-state index contributed by atoms with van der Waals surface area (Å²) in [6.07, 6.45) is 25.4. The summed E-state index contributed by atoms with van der Waals surface area (Å²) in [5, 5.41) is 0. The standard InChI is InChI=1S/C19H32O3.C18H32O3.C16H28O3.C15H28O3.6CH4/c1-5-18(2,3)17(20)22-12-21-11-19(4)15-7-13-6-14(9-15)10-16(19)8-13;1-8-16(3,4)15(19)21-12(2)20-14-11-13-9-10-18(14,7)17(13,5)6;1-5-15(2,3)14(17)19-11-18-10-16(4)9-12-6-7-13(16)8-12;1-5-14(2,3)13(16)18-12-17-11-15(4)9-7-6-8-10-15;;;;;;/h13-16H,5-12H2,1-4H3;12-14H,8-11H2,1-7H3;12-13H,5-11H2,1-4H3;5-12H2,1-4H3;6*1H4. The average molecular weight is 1230 g/mol. The van der Waals surface area contributed by atoms with Gasteiger partial charge in [0.2, 0.25) is 0 Å². The SMILES string of the molecule is C.C.C.C.C.C.CCC(C)(C)C(=O)OC(C)OC1CC2CCC1(C)C2(C)C.CCC(C)(C)C(=O)OCOCC1(C)C2CC3CC(C2)CC1C3.CCC(C)(C)C(=O)OCOCC1(C)CC2CCC1C2.CCC(C)(C)C(=O)OCOCC1(C)CCCCC1. The van der Waals surface area contributed by atoms with E-state index in [2.05, 4.69) is 41.5 Å². The van der Waals surface area contributed by atoms with Gasteiger partial charge in [-0.05, 0) is 240 Å². The third kappa shape index (κ3) is 21.1. The van der Waals surface area contributed by atoms with E-state index in [4.69, 9.17) is 37.9 Å². The lowest BCUT2D eigenvalue weighted by Crippen LogP contribution is -2.53. The van der Waals surface area contributed by atoms with Gasteiger partial charge in [-0.3, -0.25) is 19.2 Å². The van der Waals surface area contributed by atoms with Crippen LogP contribution < -0.4 is 0 Å². The molecule has 9 aliphatic carbocycles. The van der Waals surface area contributed by atoms with Crippen molar-refractivity contribution in [3.05, 3.63) is 0 Å². The van der Waals surface area contributed by atoms with Crippen LogP contribution in [-0.2, 0) is 57.1 Å². The van der Waals surface area contributed by atoms with Crippen molar-refractivity contribution in [2.75, 3.05) is 40.2 Å². The topological polar surface area (TPSA) is 142 Å². The summed E-state index contributed by atoms with van der Waals surface area (Å²) in [7, 11) is 0. The van der Waals surface area contributed by atoms with Crippen LogP contribution in [0.1, 0.15) is 311 Å². The minimum absolute atomic E-state index is 0. The molecule has 12 nitrogen and oxygen atoms in total. The average Bonchev–Trinajstić information content (AvgIpc) is 1.63. The van der Waals surface area contributed by atoms with E-state index in [1.54, 1.807) is 0 Å². The van der Waals surface area contributed by atoms with E-state index in [9.17, 15) is 19.2 Å². The van der Waals surface area contributed by atoms with E-state index in [1.807, 2.05) is 90.0 Å². The molecule has 0 aromatic rings. The molecule has 8 bridgehead atoms. The Hall–Kier alpha value is -2.28. The van der Waals surface area contributed by atoms with Crippen molar-refractivity contribution in [1.29, 1.82) is 0 Å². The Morgan fingerprint density at radius 1 is 0.453 bits per heavy atom. The number of hydrogen-bond acceptors (Lipinski definition) is 12. The quantitative estimate of drug-likeness (QED) is 0.0416. The van der Waals surface area contributed by atoms with Crippen molar-refractivity contribution < 1.29 is 57.1 Å². The molecule has 0 radical (unpaired) electrons. The van der Waals surface area contributed by atoms with Gasteiger partial charge in [-0.1, -0.05) is 139 Å². The van der Waals surface area contributed by atoms with E-state index in [0.29, 0.717) is 22.9 Å². The maximum atomic E-state index is 12.1. The zero-order valence-corrected chi connectivity index (χ0v) is 54.7. The highest BCUT2D eigenvalue weighted by atomic mass is 16.7. The number of fused-ring (bicyclic) bond motifs is 4. The zero-order chi connectivity index (χ0) is 59.8. The molecule has 7 unspecified atom stereocenters. The normalized spacial score (nSPS) is 30.5. The number of rotatable bonds is 23. The first-order valence-corrected chi connectivity index (χ1v) is 32.3. The van der Waals surface area contributed by atoms with Gasteiger partial charge < -0.3 is 37.9 Å². The van der Waals surface area contributed by atoms with Gasteiger partial charge in [0.05, 0.1) is 47.6 Å². The van der Waals surface area contributed by atoms with Gasteiger partial charge in [0.25, 0.3) is 0 Å². The lowest BCUT2D eigenvalue weighted by Gasteiger charge is -2.60. The lowest BCUT2D eigenvalue weighted by molar-refractivity contribution is -0.206. The van der Waals surface area contributed by atoms with Crippen molar-refractivity contribution in [3.8, 4) is 0 Å². The Balaban J connectivity index is 0. The second-order valence-electron chi connectivity index (χ2n) is 31.3. The first-order valence-electron chi connectivity index (χ1n) is 32.3. The lowest BCUT2D eigenvalue weighted by atomic mass is 9.46. The van der Waals surface area contributed by atoms with E-state index >= 15 is 0 Å². The zero-order valence-electron chi connectivity index (χ0n) is 54.7. The molecular weight excluding hydrogens is 1080 g/mol. The monoisotopic (exact) mass is 1230 g/mol. The van der Waals surface area contributed by atoms with E-state index < -0.39 is 27.9 Å². The van der Waals surface area contributed by atoms with Gasteiger partial charge in [-0.15, -0.1) is 0 Å². The molecular formula is C74H144O12. The van der Waals surface area contributed by atoms with Crippen LogP contribution >= 0.6 is 0 Å². The van der Waals surface area contributed by atoms with E-state index in [1.165, 1.54) is 103 Å². The molecule has 7 atom stereocenters. The molecule has 512 valence electrons. The summed E-state index contributed by atoms with van der Waals surface area (Å²) in [6.45, 7) is 41.8. The Morgan fingerprint density at radius 3 is 1.23 bits per heavy atom. The summed E-state index contributed by atoms with van der Waals surface area (Å²) in [4.78, 5) is 47.6. The second kappa shape index (κ2) is 35.0. The molecule has 9 saturated carbocycles. The minimum Gasteiger partial charge on any atom is -0.438 e. The molecule has 0 saturated heterocycles. The fourth-order valence-corrected chi connectivity index (χ4v) is 15.1. The summed E-state index contributed by atoms with van der Waals surface area (Å²) >= 11 is 0. The van der Waals surface area contributed by atoms with Crippen LogP contribution in [0.2, 0.25) is 0 Å². The van der Waals surface area contributed by atoms with Crippen molar-refractivity contribution in [1.82, 2.24) is 0 Å². The Labute approximate surface area is 532 Å². The third-order valence-electron chi connectivity index (χ3n) is 23.5. The molecule has 9 rings (SSSR count). The van der Waals surface area contributed by atoms with Crippen molar-refractivity contribution in [2.45, 2.75) is 323 Å². The number of ether oxygens (including phenoxy) is 8. The van der Waals surface area contributed by atoms with Gasteiger partial charge in [0, 0.05) is 0 Å².